The lowest BCUT2D eigenvalue weighted by Crippen LogP contribution is -2.11. The number of allylic oxidation sites excluding steroid dienone is 4. The molecule has 13 nitrogen and oxygen atoms in total. The third-order valence-electron chi connectivity index (χ3n) is 5.54. The Kier molecular flexibility index (Phi) is 13.6. The van der Waals surface area contributed by atoms with Crippen LogP contribution in [-0.2, 0) is 36.2 Å². The molecule has 0 aliphatic carbocycles. The van der Waals surface area contributed by atoms with Crippen molar-refractivity contribution in [2.24, 2.45) is 10.9 Å². The number of phenols is 2. The lowest BCUT2D eigenvalue weighted by Gasteiger charge is -2.14. The summed E-state index contributed by atoms with van der Waals surface area (Å²) in [5, 5.41) is 29.3. The van der Waals surface area contributed by atoms with Gasteiger partial charge in [-0.25, -0.2) is 4.18 Å². The van der Waals surface area contributed by atoms with Crippen molar-refractivity contribution in [2.75, 3.05) is 13.2 Å². The van der Waals surface area contributed by atoms with Gasteiger partial charge in [-0.2, -0.15) is 16.8 Å². The fourth-order valence-corrected chi connectivity index (χ4v) is 4.08. The monoisotopic (exact) mass is 593 g/mol. The summed E-state index contributed by atoms with van der Waals surface area (Å²) >= 11 is 0. The zero-order valence-corrected chi connectivity index (χ0v) is 23.5. The van der Waals surface area contributed by atoms with E-state index in [1.807, 2.05) is 13.8 Å². The first kappa shape index (κ1) is 34.0. The first-order chi connectivity index (χ1) is 18.0. The predicted octanol–water partition coefficient (Wildman–Crippen LogP) is 3.62. The Labute approximate surface area is 228 Å². The van der Waals surface area contributed by atoms with Crippen molar-refractivity contribution in [3.05, 3.63) is 40.5 Å². The fraction of sp³-hybridized carbons (Fsp3) is 0.500. The van der Waals surface area contributed by atoms with Crippen LogP contribution in [0.3, 0.4) is 0 Å². The largest absolute Gasteiger partial charge is 0.504 e. The standard InChI is InChI=1S/C24H35NO12S2/c1-16(8-5-9-18(3)24(28)29)6-4-7-17(2)10-11-19-14-21(26)22(27)20(23(19)37-39(33,34)35)15-25-12-13-36-38(30,31)32/h6,10,14-15,18,26-27H,4-5,7-9,11-13H2,1-3H3,(H,28,29)(H,30,31,32)(H,33,34,35)/b16-6+,17-10+,25-15?. The van der Waals surface area contributed by atoms with Crippen molar-refractivity contribution in [3.8, 4) is 17.2 Å². The molecule has 0 bridgehead atoms. The van der Waals surface area contributed by atoms with Crippen LogP contribution < -0.4 is 4.18 Å². The number of aromatic hydroxyl groups is 2. The van der Waals surface area contributed by atoms with Crippen LogP contribution in [0.4, 0.5) is 0 Å². The molecule has 0 heterocycles. The third kappa shape index (κ3) is 14.1. The van der Waals surface area contributed by atoms with E-state index >= 15 is 0 Å². The molecule has 5 N–H and O–H groups in total. The Balaban J connectivity index is 3.00. The Hall–Kier alpha value is -2.98. The molecule has 1 atom stereocenters. The SMILES string of the molecule is C/C(=C\Cc1cc(O)c(O)c(C=NCCOS(=O)(=O)O)c1OS(=O)(=O)O)CC/C=C(\C)CCCC(C)C(=O)O. The number of rotatable bonds is 17. The maximum Gasteiger partial charge on any atom is 0.446 e. The molecule has 0 radical (unpaired) electrons. The first-order valence-electron chi connectivity index (χ1n) is 11.9. The van der Waals surface area contributed by atoms with Crippen molar-refractivity contribution >= 4 is 33.0 Å². The minimum atomic E-state index is -5.04. The molecule has 0 amide bonds. The minimum Gasteiger partial charge on any atom is -0.504 e. The zero-order valence-electron chi connectivity index (χ0n) is 21.9. The number of hydrogen-bond donors (Lipinski definition) is 5. The normalized spacial score (nSPS) is 14.1. The molecule has 0 fully saturated rings. The van der Waals surface area contributed by atoms with Gasteiger partial charge in [-0.15, -0.1) is 0 Å². The van der Waals surface area contributed by atoms with Crippen LogP contribution in [0.2, 0.25) is 0 Å². The predicted molar refractivity (Wildman–Crippen MR) is 143 cm³/mol. The molecule has 39 heavy (non-hydrogen) atoms. The van der Waals surface area contributed by atoms with Gasteiger partial charge in [0.15, 0.2) is 17.2 Å². The fourth-order valence-electron chi connectivity index (χ4n) is 3.39. The number of aliphatic imine (C=N–C) groups is 1. The second kappa shape index (κ2) is 15.6. The summed E-state index contributed by atoms with van der Waals surface area (Å²) in [4.78, 5) is 14.7. The molecule has 0 saturated carbocycles. The average Bonchev–Trinajstić information content (AvgIpc) is 2.80. The summed E-state index contributed by atoms with van der Waals surface area (Å²) in [5.74, 6) is -3.11. The van der Waals surface area contributed by atoms with Crippen LogP contribution in [0.25, 0.3) is 0 Å². The summed E-state index contributed by atoms with van der Waals surface area (Å²) in [5.41, 5.74) is 1.76. The number of hydrogen-bond acceptors (Lipinski definition) is 10. The van der Waals surface area contributed by atoms with E-state index < -0.39 is 56.2 Å². The van der Waals surface area contributed by atoms with Gasteiger partial charge >= 0.3 is 26.8 Å². The number of phenolic OH excluding ortho intramolecular Hbond substituents is 2. The third-order valence-corrected chi connectivity index (χ3v) is 6.38. The van der Waals surface area contributed by atoms with Gasteiger partial charge < -0.3 is 19.5 Å². The lowest BCUT2D eigenvalue weighted by atomic mass is 10.00. The summed E-state index contributed by atoms with van der Waals surface area (Å²) in [6.07, 6.45) is 8.27. The molecule has 15 heteroatoms. The van der Waals surface area contributed by atoms with Crippen LogP contribution in [-0.4, -0.2) is 66.6 Å². The van der Waals surface area contributed by atoms with E-state index in [-0.39, 0.29) is 24.4 Å². The van der Waals surface area contributed by atoms with Gasteiger partial charge in [-0.1, -0.05) is 30.2 Å². The highest BCUT2D eigenvalue weighted by atomic mass is 32.3. The highest BCUT2D eigenvalue weighted by Gasteiger charge is 2.21. The number of carboxylic acid groups (broad SMARTS) is 1. The molecule has 1 aromatic rings. The smallest absolute Gasteiger partial charge is 0.446 e. The van der Waals surface area contributed by atoms with Gasteiger partial charge in [0.05, 0.1) is 24.6 Å². The molecule has 0 aliphatic heterocycles. The second-order valence-corrected chi connectivity index (χ2v) is 11.0. The van der Waals surface area contributed by atoms with E-state index in [0.717, 1.165) is 36.3 Å². The van der Waals surface area contributed by atoms with Crippen molar-refractivity contribution < 1.29 is 54.4 Å². The number of benzene rings is 1. The Bertz CT molecular complexity index is 1300. The molecule has 0 aromatic heterocycles. The molecule has 1 unspecified atom stereocenters. The Morgan fingerprint density at radius 3 is 2.28 bits per heavy atom. The van der Waals surface area contributed by atoms with E-state index in [0.29, 0.717) is 19.3 Å². The van der Waals surface area contributed by atoms with Crippen LogP contribution in [0, 0.1) is 5.92 Å². The highest BCUT2D eigenvalue weighted by Crippen LogP contribution is 2.39. The van der Waals surface area contributed by atoms with Crippen molar-refractivity contribution in [2.45, 2.75) is 59.3 Å². The van der Waals surface area contributed by atoms with E-state index in [9.17, 15) is 36.4 Å². The molecule has 0 aliphatic rings. The van der Waals surface area contributed by atoms with Crippen LogP contribution in [0.5, 0.6) is 17.2 Å². The van der Waals surface area contributed by atoms with E-state index in [2.05, 4.69) is 19.4 Å². The zero-order chi connectivity index (χ0) is 29.8. The summed E-state index contributed by atoms with van der Waals surface area (Å²) in [6.45, 7) is 4.60. The average molecular weight is 594 g/mol. The van der Waals surface area contributed by atoms with Gasteiger partial charge in [-0.3, -0.25) is 18.9 Å². The van der Waals surface area contributed by atoms with E-state index in [1.54, 1.807) is 13.0 Å². The lowest BCUT2D eigenvalue weighted by molar-refractivity contribution is -0.141. The maximum atomic E-state index is 11.5. The molecule has 0 spiro atoms. The molecule has 1 aromatic carbocycles. The van der Waals surface area contributed by atoms with E-state index in [4.69, 9.17) is 9.66 Å². The van der Waals surface area contributed by atoms with Gasteiger partial charge in [0.25, 0.3) is 0 Å². The number of carboxylic acids is 1. The van der Waals surface area contributed by atoms with Gasteiger partial charge in [0.2, 0.25) is 0 Å². The molecular formula is C24H35NO12S2. The highest BCUT2D eigenvalue weighted by molar-refractivity contribution is 7.81. The van der Waals surface area contributed by atoms with Crippen LogP contribution >= 0.6 is 0 Å². The number of nitrogens with zero attached hydrogens (tertiary/aromatic N) is 1. The molecule has 220 valence electrons. The molecule has 0 saturated heterocycles. The van der Waals surface area contributed by atoms with Crippen LogP contribution in [0.15, 0.2) is 34.4 Å². The quantitative estimate of drug-likeness (QED) is 0.0575. The summed E-state index contributed by atoms with van der Waals surface area (Å²) < 4.78 is 70.7. The number of aliphatic carboxylic acids is 1. The topological polar surface area (TPSA) is 217 Å². The molecule has 1 rings (SSSR count). The van der Waals surface area contributed by atoms with Gasteiger partial charge in [-0.05, 0) is 58.4 Å². The van der Waals surface area contributed by atoms with Crippen molar-refractivity contribution in [3.63, 3.8) is 0 Å². The number of carbonyl (C=O) groups is 1. The van der Waals surface area contributed by atoms with Crippen molar-refractivity contribution in [1.29, 1.82) is 0 Å². The Morgan fingerprint density at radius 1 is 1.05 bits per heavy atom. The van der Waals surface area contributed by atoms with Crippen molar-refractivity contribution in [1.82, 2.24) is 0 Å². The van der Waals surface area contributed by atoms with Gasteiger partial charge in [0.1, 0.15) is 0 Å². The maximum absolute atomic E-state index is 11.5. The minimum absolute atomic E-state index is 0.0486. The first-order valence-corrected chi connectivity index (χ1v) is 14.6. The van der Waals surface area contributed by atoms with Crippen LogP contribution in [0.1, 0.15) is 64.0 Å². The second-order valence-electron chi connectivity index (χ2n) is 8.92. The van der Waals surface area contributed by atoms with E-state index in [1.165, 1.54) is 0 Å². The van der Waals surface area contributed by atoms with Gasteiger partial charge in [0, 0.05) is 11.8 Å². The molecular weight excluding hydrogens is 558 g/mol. The summed E-state index contributed by atoms with van der Waals surface area (Å²) in [6, 6.07) is 1.07. The summed E-state index contributed by atoms with van der Waals surface area (Å²) in [7, 11) is -9.73. The Morgan fingerprint density at radius 2 is 1.69 bits per heavy atom.